The van der Waals surface area contributed by atoms with Crippen LogP contribution in [0.25, 0.3) is 0 Å². The Morgan fingerprint density at radius 2 is 1.66 bits per heavy atom. The van der Waals surface area contributed by atoms with Crippen LogP contribution in [0.2, 0.25) is 0 Å². The topological polar surface area (TPSA) is 103 Å². The van der Waals surface area contributed by atoms with Crippen LogP contribution in [0.15, 0.2) is 54.6 Å². The van der Waals surface area contributed by atoms with Gasteiger partial charge in [0.15, 0.2) is 0 Å². The van der Waals surface area contributed by atoms with E-state index in [1.165, 1.54) is 0 Å². The minimum Gasteiger partial charge on any atom is -0.396 e. The third kappa shape index (κ3) is 4.61. The van der Waals surface area contributed by atoms with Crippen molar-refractivity contribution < 1.29 is 29.0 Å². The van der Waals surface area contributed by atoms with E-state index in [0.717, 1.165) is 18.8 Å². The van der Waals surface area contributed by atoms with Gasteiger partial charge >= 0.3 is 0 Å². The van der Waals surface area contributed by atoms with Crippen molar-refractivity contribution in [3.63, 3.8) is 0 Å². The number of amides is 3. The van der Waals surface area contributed by atoms with Crippen molar-refractivity contribution in [2.75, 3.05) is 70.5 Å². The van der Waals surface area contributed by atoms with E-state index in [1.54, 1.807) is 14.7 Å². The number of hydrogen-bond acceptors (Lipinski definition) is 7. The average molecular weight is 565 g/mol. The van der Waals surface area contributed by atoms with Gasteiger partial charge in [0.1, 0.15) is 11.6 Å². The van der Waals surface area contributed by atoms with Crippen molar-refractivity contribution in [1.29, 1.82) is 0 Å². The molecule has 0 aromatic heterocycles. The third-order valence-corrected chi connectivity index (χ3v) is 9.44. The second kappa shape index (κ2) is 11.3. The lowest BCUT2D eigenvalue weighted by molar-refractivity contribution is -0.152. The zero-order valence-corrected chi connectivity index (χ0v) is 23.7. The summed E-state index contributed by atoms with van der Waals surface area (Å²) in [5.41, 5.74) is -1.54. The second-order valence-electron chi connectivity index (χ2n) is 11.6. The molecule has 1 spiro atoms. The zero-order chi connectivity index (χ0) is 28.6. The summed E-state index contributed by atoms with van der Waals surface area (Å²) in [6.07, 6.45) is 8.56. The van der Waals surface area contributed by atoms with Gasteiger partial charge < -0.3 is 29.3 Å². The fourth-order valence-electron chi connectivity index (χ4n) is 7.42. The summed E-state index contributed by atoms with van der Waals surface area (Å²) in [4.78, 5) is 50.6. The number of para-hydroxylation sites is 1. The number of carbonyl (C=O) groups is 3. The number of likely N-dealkylation sites (tertiary alicyclic amines) is 1. The standard InChI is InChI=1S/C31H40N4O6/c1-2-30-11-6-14-34(23-9-4-3-5-10-23)27(37)24(30)25-28(38)35(15-8-20-36)26-29(39)33(13-7-12-31(25,26)41-30)17-16-32-18-21-40-22-19-32/h3-7,9-12,24-26,36H,2,8,13-22H2,1H3/t24-,25-,26?,30+,31-/m0/s1. The molecule has 3 amide bonds. The lowest BCUT2D eigenvalue weighted by Gasteiger charge is -2.38. The second-order valence-corrected chi connectivity index (χ2v) is 11.6. The summed E-state index contributed by atoms with van der Waals surface area (Å²) in [7, 11) is 0. The van der Waals surface area contributed by atoms with Gasteiger partial charge in [-0.1, -0.05) is 49.4 Å². The predicted molar refractivity (Wildman–Crippen MR) is 152 cm³/mol. The van der Waals surface area contributed by atoms with Crippen LogP contribution in [0.5, 0.6) is 0 Å². The quantitative estimate of drug-likeness (QED) is 0.471. The first kappa shape index (κ1) is 28.1. The molecule has 0 saturated carbocycles. The molecule has 0 bridgehead atoms. The van der Waals surface area contributed by atoms with Crippen LogP contribution >= 0.6 is 0 Å². The number of morpholine rings is 1. The predicted octanol–water partition coefficient (Wildman–Crippen LogP) is 1.06. The smallest absolute Gasteiger partial charge is 0.249 e. The van der Waals surface area contributed by atoms with Gasteiger partial charge in [-0.25, -0.2) is 0 Å². The largest absolute Gasteiger partial charge is 0.396 e. The van der Waals surface area contributed by atoms with Gasteiger partial charge in [-0.15, -0.1) is 0 Å². The van der Waals surface area contributed by atoms with E-state index in [9.17, 15) is 19.5 Å². The fourth-order valence-corrected chi connectivity index (χ4v) is 7.42. The third-order valence-electron chi connectivity index (χ3n) is 9.44. The molecule has 0 aliphatic carbocycles. The highest BCUT2D eigenvalue weighted by molar-refractivity contribution is 6.04. The number of anilines is 1. The number of ether oxygens (including phenoxy) is 2. The molecule has 3 saturated heterocycles. The molecule has 6 rings (SSSR count). The van der Waals surface area contributed by atoms with Crippen LogP contribution in [0.3, 0.4) is 0 Å². The highest BCUT2D eigenvalue weighted by atomic mass is 16.5. The molecule has 1 N–H and O–H groups in total. The number of carbonyl (C=O) groups excluding carboxylic acids is 3. The maximum absolute atomic E-state index is 14.4. The Bertz CT molecular complexity index is 1220. The molecule has 220 valence electrons. The summed E-state index contributed by atoms with van der Waals surface area (Å²) in [6, 6.07) is 8.57. The van der Waals surface area contributed by atoms with Gasteiger partial charge in [-0.2, -0.15) is 0 Å². The number of aliphatic hydroxyl groups excluding tert-OH is 1. The van der Waals surface area contributed by atoms with Crippen molar-refractivity contribution in [3.8, 4) is 0 Å². The summed E-state index contributed by atoms with van der Waals surface area (Å²) >= 11 is 0. The lowest BCUT2D eigenvalue weighted by atomic mass is 9.73. The van der Waals surface area contributed by atoms with Crippen molar-refractivity contribution in [2.45, 2.75) is 37.0 Å². The van der Waals surface area contributed by atoms with E-state index < -0.39 is 29.1 Å². The molecular formula is C31H40N4O6. The Morgan fingerprint density at radius 1 is 0.902 bits per heavy atom. The molecule has 41 heavy (non-hydrogen) atoms. The van der Waals surface area contributed by atoms with Gasteiger partial charge in [0.25, 0.3) is 0 Å². The summed E-state index contributed by atoms with van der Waals surface area (Å²) in [6.45, 7) is 7.11. The Labute approximate surface area is 241 Å². The highest BCUT2D eigenvalue weighted by Gasteiger charge is 2.75. The number of aliphatic hydroxyl groups is 1. The monoisotopic (exact) mass is 564 g/mol. The van der Waals surface area contributed by atoms with Gasteiger partial charge in [0, 0.05) is 58.1 Å². The van der Waals surface area contributed by atoms with Crippen LogP contribution in [-0.2, 0) is 23.9 Å². The lowest BCUT2D eigenvalue weighted by Crippen LogP contribution is -2.57. The Morgan fingerprint density at radius 3 is 2.39 bits per heavy atom. The van der Waals surface area contributed by atoms with Crippen LogP contribution in [-0.4, -0.2) is 120 Å². The number of nitrogens with zero attached hydrogens (tertiary/aromatic N) is 4. The van der Waals surface area contributed by atoms with Gasteiger partial charge in [-0.05, 0) is 25.0 Å². The molecule has 1 unspecified atom stereocenters. The average Bonchev–Trinajstić information content (AvgIpc) is 3.29. The van der Waals surface area contributed by atoms with Crippen LogP contribution < -0.4 is 4.90 Å². The molecule has 5 heterocycles. The molecule has 3 fully saturated rings. The molecule has 10 nitrogen and oxygen atoms in total. The number of hydrogen-bond donors (Lipinski definition) is 1. The summed E-state index contributed by atoms with van der Waals surface area (Å²) < 4.78 is 12.5. The molecule has 1 aromatic rings. The van der Waals surface area contributed by atoms with Crippen molar-refractivity contribution >= 4 is 23.4 Å². The van der Waals surface area contributed by atoms with Crippen LogP contribution in [0, 0.1) is 11.8 Å². The van der Waals surface area contributed by atoms with Gasteiger partial charge in [-0.3, -0.25) is 19.3 Å². The van der Waals surface area contributed by atoms with Crippen LogP contribution in [0.1, 0.15) is 19.8 Å². The Kier molecular flexibility index (Phi) is 7.76. The fraction of sp³-hybridized carbons (Fsp3) is 0.581. The van der Waals surface area contributed by atoms with E-state index >= 15 is 0 Å². The minimum absolute atomic E-state index is 0.106. The van der Waals surface area contributed by atoms with E-state index in [1.807, 2.05) is 61.6 Å². The molecule has 5 atom stereocenters. The maximum atomic E-state index is 14.4. The van der Waals surface area contributed by atoms with E-state index in [-0.39, 0.29) is 30.9 Å². The van der Waals surface area contributed by atoms with Crippen LogP contribution in [0.4, 0.5) is 5.69 Å². The molecule has 10 heteroatoms. The van der Waals surface area contributed by atoms with Gasteiger partial charge in [0.05, 0.1) is 30.7 Å². The molecule has 0 radical (unpaired) electrons. The number of benzene rings is 1. The number of fused-ring (bicyclic) bond motifs is 2. The van der Waals surface area contributed by atoms with Gasteiger partial charge in [0.2, 0.25) is 17.7 Å². The maximum Gasteiger partial charge on any atom is 0.249 e. The number of rotatable bonds is 8. The first-order valence-electron chi connectivity index (χ1n) is 14.9. The normalized spacial score (nSPS) is 33.6. The summed E-state index contributed by atoms with van der Waals surface area (Å²) in [5, 5.41) is 9.65. The molecular weight excluding hydrogens is 524 g/mol. The Hall–Kier alpha value is -3.05. The van der Waals surface area contributed by atoms with Crippen molar-refractivity contribution in [2.24, 2.45) is 11.8 Å². The summed E-state index contributed by atoms with van der Waals surface area (Å²) in [5.74, 6) is -2.25. The molecule has 5 aliphatic heterocycles. The molecule has 5 aliphatic rings. The molecule has 1 aromatic carbocycles. The highest BCUT2D eigenvalue weighted by Crippen LogP contribution is 2.58. The van der Waals surface area contributed by atoms with E-state index in [4.69, 9.17) is 9.47 Å². The Balaban J connectivity index is 1.38. The van der Waals surface area contributed by atoms with E-state index in [2.05, 4.69) is 4.90 Å². The first-order chi connectivity index (χ1) is 20.0. The SMILES string of the molecule is CC[C@@]12C=CCN(c3ccccc3)C(=O)[C@@H]1[C@H]1C(=O)N(CCCO)C3C(=O)N(CCN4CCOCC4)CC=C[C@@]31O2. The van der Waals surface area contributed by atoms with Crippen molar-refractivity contribution in [1.82, 2.24) is 14.7 Å². The minimum atomic E-state index is -1.28. The first-order valence-corrected chi connectivity index (χ1v) is 14.9. The van der Waals surface area contributed by atoms with E-state index in [0.29, 0.717) is 52.2 Å². The zero-order valence-electron chi connectivity index (χ0n) is 23.7. The van der Waals surface area contributed by atoms with Crippen molar-refractivity contribution in [3.05, 3.63) is 54.6 Å².